The summed E-state index contributed by atoms with van der Waals surface area (Å²) in [6.07, 6.45) is 1.52. The van der Waals surface area contributed by atoms with E-state index in [-0.39, 0.29) is 12.5 Å². The van der Waals surface area contributed by atoms with Crippen molar-refractivity contribution < 1.29 is 4.79 Å². The fourth-order valence-electron chi connectivity index (χ4n) is 4.14. The number of benzene rings is 1. The Hall–Kier alpha value is -3.52. The maximum absolute atomic E-state index is 13.3. The Bertz CT molecular complexity index is 1280. The number of hydrogen-bond acceptors (Lipinski definition) is 6. The highest BCUT2D eigenvalue weighted by Crippen LogP contribution is 2.27. The summed E-state index contributed by atoms with van der Waals surface area (Å²) in [4.78, 5) is 25.5. The lowest BCUT2D eigenvalue weighted by molar-refractivity contribution is -0.131. The smallest absolute Gasteiger partial charge is 0.244 e. The number of fused-ring (bicyclic) bond motifs is 1. The van der Waals surface area contributed by atoms with Crippen molar-refractivity contribution in [3.8, 4) is 22.6 Å². The van der Waals surface area contributed by atoms with Gasteiger partial charge < -0.3 is 10.6 Å². The number of nitrogen functional groups attached to an aromatic ring is 1. The van der Waals surface area contributed by atoms with Crippen LogP contribution in [0.1, 0.15) is 21.8 Å². The second-order valence-corrected chi connectivity index (χ2v) is 9.46. The van der Waals surface area contributed by atoms with Gasteiger partial charge in [-0.1, -0.05) is 36.4 Å². The van der Waals surface area contributed by atoms with Gasteiger partial charge in [-0.15, -0.1) is 11.3 Å². The molecule has 4 aromatic rings. The van der Waals surface area contributed by atoms with Crippen molar-refractivity contribution in [1.82, 2.24) is 24.6 Å². The molecule has 0 saturated heterocycles. The standard InChI is InChI=1S/C25H26N6OS/c1-16-8-9-19(27-17(16)2)21-14-22(18-6-4-3-5-7-18)31(29-21)15-24(32)30-12-10-20-23(11-13-30)33-25(26)28-20/h3-9,14H,10-13,15H2,1-2H3,(H2,26,28). The van der Waals surface area contributed by atoms with Gasteiger partial charge in [0.2, 0.25) is 5.91 Å². The SMILES string of the molecule is Cc1ccc(-c2cc(-c3ccccc3)n(CC(=O)N3CCc4nc(N)sc4CC3)n2)nc1C. The third kappa shape index (κ3) is 4.39. The Morgan fingerprint density at radius 2 is 1.82 bits per heavy atom. The molecule has 2 N–H and O–H groups in total. The zero-order valence-corrected chi connectivity index (χ0v) is 19.6. The fourth-order valence-corrected chi connectivity index (χ4v) is 5.00. The maximum atomic E-state index is 13.3. The molecule has 1 aliphatic heterocycles. The van der Waals surface area contributed by atoms with Crippen LogP contribution in [0.15, 0.2) is 48.5 Å². The van der Waals surface area contributed by atoms with Crippen molar-refractivity contribution >= 4 is 22.4 Å². The summed E-state index contributed by atoms with van der Waals surface area (Å²) in [7, 11) is 0. The highest BCUT2D eigenvalue weighted by atomic mass is 32.1. The molecule has 1 aliphatic rings. The number of rotatable bonds is 4. The van der Waals surface area contributed by atoms with Crippen molar-refractivity contribution in [2.75, 3.05) is 18.8 Å². The third-order valence-electron chi connectivity index (χ3n) is 6.12. The van der Waals surface area contributed by atoms with Crippen LogP contribution in [0.4, 0.5) is 5.13 Å². The summed E-state index contributed by atoms with van der Waals surface area (Å²) < 4.78 is 1.81. The zero-order chi connectivity index (χ0) is 22.9. The van der Waals surface area contributed by atoms with Gasteiger partial charge in [-0.25, -0.2) is 4.98 Å². The third-order valence-corrected chi connectivity index (χ3v) is 7.11. The summed E-state index contributed by atoms with van der Waals surface area (Å²) >= 11 is 1.53. The number of nitrogens with two attached hydrogens (primary N) is 1. The van der Waals surface area contributed by atoms with Gasteiger partial charge in [0, 0.05) is 36.5 Å². The molecule has 0 saturated carbocycles. The molecule has 5 rings (SSSR count). The first-order valence-electron chi connectivity index (χ1n) is 11.1. The molecule has 1 aromatic carbocycles. The highest BCUT2D eigenvalue weighted by Gasteiger charge is 2.23. The molecule has 33 heavy (non-hydrogen) atoms. The Balaban J connectivity index is 1.42. The normalized spacial score (nSPS) is 13.6. The van der Waals surface area contributed by atoms with Crippen LogP contribution in [-0.2, 0) is 24.2 Å². The van der Waals surface area contributed by atoms with Crippen LogP contribution in [0.25, 0.3) is 22.6 Å². The number of aromatic nitrogens is 4. The molecule has 7 nitrogen and oxygen atoms in total. The molecule has 168 valence electrons. The summed E-state index contributed by atoms with van der Waals surface area (Å²) in [5.41, 5.74) is 12.5. The van der Waals surface area contributed by atoms with Gasteiger partial charge in [-0.3, -0.25) is 14.5 Å². The van der Waals surface area contributed by atoms with Gasteiger partial charge in [-0.2, -0.15) is 5.10 Å². The second kappa shape index (κ2) is 8.78. The molecule has 0 fully saturated rings. The lowest BCUT2D eigenvalue weighted by atomic mass is 10.1. The minimum Gasteiger partial charge on any atom is -0.375 e. The highest BCUT2D eigenvalue weighted by molar-refractivity contribution is 7.15. The Kier molecular flexibility index (Phi) is 5.68. The second-order valence-electron chi connectivity index (χ2n) is 8.34. The van der Waals surface area contributed by atoms with E-state index in [0.29, 0.717) is 18.2 Å². The van der Waals surface area contributed by atoms with Crippen LogP contribution in [0, 0.1) is 13.8 Å². The van der Waals surface area contributed by atoms with E-state index >= 15 is 0 Å². The molecule has 0 atom stereocenters. The van der Waals surface area contributed by atoms with Crippen molar-refractivity contribution in [2.24, 2.45) is 0 Å². The molecule has 0 unspecified atom stereocenters. The van der Waals surface area contributed by atoms with Crippen LogP contribution < -0.4 is 5.73 Å². The van der Waals surface area contributed by atoms with E-state index in [0.717, 1.165) is 52.4 Å². The quantitative estimate of drug-likeness (QED) is 0.501. The Morgan fingerprint density at radius 3 is 2.61 bits per heavy atom. The Labute approximate surface area is 196 Å². The number of hydrogen-bond donors (Lipinski definition) is 1. The van der Waals surface area contributed by atoms with E-state index in [1.165, 1.54) is 16.2 Å². The van der Waals surface area contributed by atoms with E-state index in [9.17, 15) is 4.79 Å². The summed E-state index contributed by atoms with van der Waals surface area (Å²) in [6, 6.07) is 16.1. The van der Waals surface area contributed by atoms with Gasteiger partial charge in [0.25, 0.3) is 0 Å². The number of nitrogens with zero attached hydrogens (tertiary/aromatic N) is 5. The molecule has 0 radical (unpaired) electrons. The lowest BCUT2D eigenvalue weighted by Gasteiger charge is -2.20. The zero-order valence-electron chi connectivity index (χ0n) is 18.8. The van der Waals surface area contributed by atoms with E-state index in [1.807, 2.05) is 61.2 Å². The van der Waals surface area contributed by atoms with Crippen molar-refractivity contribution in [3.05, 3.63) is 70.4 Å². The number of thiazole rings is 1. The fraction of sp³-hybridized carbons (Fsp3) is 0.280. The number of pyridine rings is 1. The van der Waals surface area contributed by atoms with E-state index < -0.39 is 0 Å². The largest absolute Gasteiger partial charge is 0.375 e. The van der Waals surface area contributed by atoms with Crippen LogP contribution in [0.3, 0.4) is 0 Å². The predicted molar refractivity (Wildman–Crippen MR) is 131 cm³/mol. The molecule has 3 aromatic heterocycles. The van der Waals surface area contributed by atoms with Gasteiger partial charge >= 0.3 is 0 Å². The van der Waals surface area contributed by atoms with Gasteiger partial charge in [0.15, 0.2) is 5.13 Å². The summed E-state index contributed by atoms with van der Waals surface area (Å²) in [6.45, 7) is 5.53. The van der Waals surface area contributed by atoms with Gasteiger partial charge in [-0.05, 0) is 37.1 Å². The summed E-state index contributed by atoms with van der Waals surface area (Å²) in [5, 5.41) is 5.41. The molecular weight excluding hydrogens is 432 g/mol. The minimum absolute atomic E-state index is 0.0537. The van der Waals surface area contributed by atoms with E-state index in [4.69, 9.17) is 15.8 Å². The molecule has 8 heteroatoms. The van der Waals surface area contributed by atoms with Crippen LogP contribution >= 0.6 is 11.3 Å². The number of aryl methyl sites for hydroxylation is 2. The maximum Gasteiger partial charge on any atom is 0.244 e. The Morgan fingerprint density at radius 1 is 1.03 bits per heavy atom. The predicted octanol–water partition coefficient (Wildman–Crippen LogP) is 3.90. The van der Waals surface area contributed by atoms with Gasteiger partial charge in [0.1, 0.15) is 12.2 Å². The van der Waals surface area contributed by atoms with Crippen molar-refractivity contribution in [3.63, 3.8) is 0 Å². The number of carbonyl (C=O) groups is 1. The van der Waals surface area contributed by atoms with Crippen LogP contribution in [0.2, 0.25) is 0 Å². The first kappa shape index (κ1) is 21.3. The molecule has 0 aliphatic carbocycles. The average molecular weight is 459 g/mol. The summed E-state index contributed by atoms with van der Waals surface area (Å²) in [5.74, 6) is 0.0537. The number of carbonyl (C=O) groups excluding carboxylic acids is 1. The van der Waals surface area contributed by atoms with Crippen molar-refractivity contribution in [1.29, 1.82) is 0 Å². The average Bonchev–Trinajstić information content (AvgIpc) is 3.33. The van der Waals surface area contributed by atoms with Crippen molar-refractivity contribution in [2.45, 2.75) is 33.2 Å². The topological polar surface area (TPSA) is 89.9 Å². The van der Waals surface area contributed by atoms with E-state index in [2.05, 4.69) is 11.1 Å². The lowest BCUT2D eigenvalue weighted by Crippen LogP contribution is -2.36. The van der Waals surface area contributed by atoms with Crippen LogP contribution in [0.5, 0.6) is 0 Å². The van der Waals surface area contributed by atoms with Crippen LogP contribution in [-0.4, -0.2) is 43.6 Å². The number of amides is 1. The minimum atomic E-state index is 0.0537. The first-order chi connectivity index (χ1) is 16.0. The molecule has 1 amide bonds. The number of anilines is 1. The molecule has 0 spiro atoms. The molecular formula is C25H26N6OS. The van der Waals surface area contributed by atoms with Gasteiger partial charge in [0.05, 0.1) is 17.1 Å². The molecule has 0 bridgehead atoms. The first-order valence-corrected chi connectivity index (χ1v) is 11.9. The molecule has 4 heterocycles. The van der Waals surface area contributed by atoms with E-state index in [1.54, 1.807) is 4.68 Å². The monoisotopic (exact) mass is 458 g/mol.